The molecule has 1 N–H and O–H groups in total. The van der Waals surface area contributed by atoms with Crippen molar-refractivity contribution in [3.05, 3.63) is 36.3 Å². The van der Waals surface area contributed by atoms with Gasteiger partial charge in [-0.3, -0.25) is 0 Å². The highest BCUT2D eigenvalue weighted by molar-refractivity contribution is 5.80. The van der Waals surface area contributed by atoms with E-state index in [0.29, 0.717) is 0 Å². The number of nitrogens with one attached hydrogen (secondary N) is 1. The minimum absolute atomic E-state index is 0.153. The summed E-state index contributed by atoms with van der Waals surface area (Å²) in [6, 6.07) is 7.82. The monoisotopic (exact) mass is 272 g/mol. The third-order valence-corrected chi connectivity index (χ3v) is 4.73. The van der Waals surface area contributed by atoms with Gasteiger partial charge in [0.05, 0.1) is 5.52 Å². The molecule has 0 spiro atoms. The molecule has 4 rings (SSSR count). The maximum absolute atomic E-state index is 13.3. The maximum Gasteiger partial charge on any atom is 0.125 e. The first-order chi connectivity index (χ1) is 9.81. The molecule has 0 amide bonds. The lowest BCUT2D eigenvalue weighted by Crippen LogP contribution is -2.35. The minimum Gasteiger partial charge on any atom is -0.346 e. The van der Waals surface area contributed by atoms with Crippen LogP contribution in [0.5, 0.6) is 0 Å². The van der Waals surface area contributed by atoms with Crippen LogP contribution in [0.3, 0.4) is 0 Å². The Morgan fingerprint density at radius 3 is 2.60 bits per heavy atom. The molecule has 2 aliphatic rings. The Morgan fingerprint density at radius 2 is 1.90 bits per heavy atom. The molecule has 2 nitrogen and oxygen atoms in total. The summed E-state index contributed by atoms with van der Waals surface area (Å²) in [7, 11) is 0. The summed E-state index contributed by atoms with van der Waals surface area (Å²) in [5.41, 5.74) is 1.00. The summed E-state index contributed by atoms with van der Waals surface area (Å²) >= 11 is 0. The van der Waals surface area contributed by atoms with Gasteiger partial charge in [0.2, 0.25) is 0 Å². The third-order valence-electron chi connectivity index (χ3n) is 4.73. The van der Waals surface area contributed by atoms with Gasteiger partial charge >= 0.3 is 0 Å². The maximum atomic E-state index is 13.3. The zero-order valence-corrected chi connectivity index (χ0v) is 11.7. The van der Waals surface area contributed by atoms with Crippen molar-refractivity contribution in [1.82, 2.24) is 9.88 Å². The average Bonchev–Trinajstić information content (AvgIpc) is 3.34. The average molecular weight is 272 g/mol. The lowest BCUT2D eigenvalue weighted by Gasteiger charge is -2.18. The van der Waals surface area contributed by atoms with Gasteiger partial charge in [0.1, 0.15) is 5.82 Å². The van der Waals surface area contributed by atoms with Crippen molar-refractivity contribution >= 4 is 10.9 Å². The zero-order chi connectivity index (χ0) is 13.5. The number of aromatic nitrogens is 1. The van der Waals surface area contributed by atoms with Gasteiger partial charge in [-0.15, -0.1) is 0 Å². The van der Waals surface area contributed by atoms with Crippen LogP contribution in [0.25, 0.3) is 10.9 Å². The van der Waals surface area contributed by atoms with Crippen molar-refractivity contribution in [1.29, 1.82) is 0 Å². The van der Waals surface area contributed by atoms with E-state index in [-0.39, 0.29) is 5.82 Å². The third kappa shape index (κ3) is 2.47. The molecule has 2 aromatic rings. The van der Waals surface area contributed by atoms with Gasteiger partial charge < -0.3 is 9.88 Å². The number of hydrogen-bond donors (Lipinski definition) is 1. The van der Waals surface area contributed by atoms with Gasteiger partial charge in [-0.1, -0.05) is 0 Å². The van der Waals surface area contributed by atoms with Crippen LogP contribution in [-0.2, 0) is 6.54 Å². The first-order valence-corrected chi connectivity index (χ1v) is 7.79. The van der Waals surface area contributed by atoms with Gasteiger partial charge in [0, 0.05) is 25.3 Å². The molecule has 0 unspecified atom stereocenters. The summed E-state index contributed by atoms with van der Waals surface area (Å²) < 4.78 is 15.5. The highest BCUT2D eigenvalue weighted by Crippen LogP contribution is 2.44. The van der Waals surface area contributed by atoms with Crippen LogP contribution in [0, 0.1) is 17.7 Å². The normalized spacial score (nSPS) is 19.1. The number of hydrogen-bond acceptors (Lipinski definition) is 1. The van der Waals surface area contributed by atoms with Crippen LogP contribution >= 0.6 is 0 Å². The lowest BCUT2D eigenvalue weighted by molar-refractivity contribution is 0.408. The van der Waals surface area contributed by atoms with Crippen molar-refractivity contribution in [2.45, 2.75) is 38.3 Å². The van der Waals surface area contributed by atoms with Crippen LogP contribution in [-0.4, -0.2) is 17.2 Å². The van der Waals surface area contributed by atoms with E-state index in [0.717, 1.165) is 41.9 Å². The van der Waals surface area contributed by atoms with Crippen molar-refractivity contribution in [2.24, 2.45) is 11.8 Å². The highest BCUT2D eigenvalue weighted by Gasteiger charge is 2.40. The van der Waals surface area contributed by atoms with E-state index in [1.54, 1.807) is 6.07 Å². The number of nitrogens with zero attached hydrogens (tertiary/aromatic N) is 1. The predicted octanol–water partition coefficient (Wildman–Crippen LogP) is 3.56. The number of rotatable bonds is 6. The molecule has 1 aromatic heterocycles. The van der Waals surface area contributed by atoms with Crippen molar-refractivity contribution in [3.8, 4) is 0 Å². The Labute approximate surface area is 119 Å². The van der Waals surface area contributed by atoms with E-state index in [9.17, 15) is 4.39 Å². The molecule has 0 radical (unpaired) electrons. The Balaban J connectivity index is 1.41. The molecule has 106 valence electrons. The van der Waals surface area contributed by atoms with E-state index in [1.165, 1.54) is 31.7 Å². The Hall–Kier alpha value is -1.35. The smallest absolute Gasteiger partial charge is 0.125 e. The van der Waals surface area contributed by atoms with Crippen LogP contribution < -0.4 is 5.32 Å². The molecule has 2 saturated carbocycles. The molecule has 0 saturated heterocycles. The quantitative estimate of drug-likeness (QED) is 0.851. The fraction of sp³-hybridized carbons (Fsp3) is 0.529. The van der Waals surface area contributed by atoms with E-state index < -0.39 is 0 Å². The van der Waals surface area contributed by atoms with Crippen molar-refractivity contribution in [2.75, 3.05) is 6.54 Å². The SMILES string of the molecule is Fc1ccc2ccn(CCNC(C3CC3)C3CC3)c2c1. The van der Waals surface area contributed by atoms with Gasteiger partial charge in [0.25, 0.3) is 0 Å². The van der Waals surface area contributed by atoms with Crippen molar-refractivity contribution in [3.63, 3.8) is 0 Å². The van der Waals surface area contributed by atoms with E-state index in [4.69, 9.17) is 0 Å². The van der Waals surface area contributed by atoms with Gasteiger partial charge in [-0.05, 0) is 67.2 Å². The molecule has 0 bridgehead atoms. The molecule has 1 heterocycles. The van der Waals surface area contributed by atoms with Gasteiger partial charge in [-0.2, -0.15) is 0 Å². The Bertz CT molecular complexity index is 598. The molecule has 2 aliphatic carbocycles. The highest BCUT2D eigenvalue weighted by atomic mass is 19.1. The summed E-state index contributed by atoms with van der Waals surface area (Å²) in [5, 5.41) is 4.86. The second-order valence-electron chi connectivity index (χ2n) is 6.37. The summed E-state index contributed by atoms with van der Waals surface area (Å²) in [6.45, 7) is 1.90. The molecule has 20 heavy (non-hydrogen) atoms. The molecular formula is C17H21FN2. The first kappa shape index (κ1) is 12.4. The molecule has 0 atom stereocenters. The summed E-state index contributed by atoms with van der Waals surface area (Å²) in [6.07, 6.45) is 7.70. The Morgan fingerprint density at radius 1 is 1.15 bits per heavy atom. The van der Waals surface area contributed by atoms with Crippen molar-refractivity contribution < 1.29 is 4.39 Å². The zero-order valence-electron chi connectivity index (χ0n) is 11.7. The largest absolute Gasteiger partial charge is 0.346 e. The van der Waals surface area contributed by atoms with Gasteiger partial charge in [-0.25, -0.2) is 4.39 Å². The summed E-state index contributed by atoms with van der Waals surface area (Å²) in [5.74, 6) is 1.71. The van der Waals surface area contributed by atoms with Crippen LogP contribution in [0.4, 0.5) is 4.39 Å². The van der Waals surface area contributed by atoms with E-state index >= 15 is 0 Å². The Kier molecular flexibility index (Phi) is 3.03. The first-order valence-electron chi connectivity index (χ1n) is 7.79. The molecule has 3 heteroatoms. The van der Waals surface area contributed by atoms with E-state index in [1.807, 2.05) is 6.07 Å². The second kappa shape index (κ2) is 4.88. The molecule has 1 aromatic carbocycles. The second-order valence-corrected chi connectivity index (χ2v) is 6.37. The number of benzene rings is 1. The molecule has 0 aliphatic heterocycles. The predicted molar refractivity (Wildman–Crippen MR) is 79.1 cm³/mol. The van der Waals surface area contributed by atoms with Crippen LogP contribution in [0.2, 0.25) is 0 Å². The van der Waals surface area contributed by atoms with E-state index in [2.05, 4.69) is 22.1 Å². The summed E-state index contributed by atoms with van der Waals surface area (Å²) in [4.78, 5) is 0. The lowest BCUT2D eigenvalue weighted by atomic mass is 10.1. The number of fused-ring (bicyclic) bond motifs is 1. The molecule has 2 fully saturated rings. The fourth-order valence-corrected chi connectivity index (χ4v) is 3.33. The topological polar surface area (TPSA) is 17.0 Å². The van der Waals surface area contributed by atoms with Crippen LogP contribution in [0.1, 0.15) is 25.7 Å². The standard InChI is InChI=1S/C17H21FN2/c18-15-6-5-12-7-9-20(16(12)11-15)10-8-19-17(13-1-2-13)14-3-4-14/h5-7,9,11,13-14,17,19H,1-4,8,10H2. The molecular weight excluding hydrogens is 251 g/mol. The number of halogens is 1. The fourth-order valence-electron chi connectivity index (χ4n) is 3.33. The van der Waals surface area contributed by atoms with Gasteiger partial charge in [0.15, 0.2) is 0 Å². The minimum atomic E-state index is -0.153. The van der Waals surface area contributed by atoms with Crippen LogP contribution in [0.15, 0.2) is 30.5 Å².